The van der Waals surface area contributed by atoms with Gasteiger partial charge in [-0.15, -0.1) is 0 Å². The quantitative estimate of drug-likeness (QED) is 0.145. The molecule has 0 radical (unpaired) electrons. The number of anilines is 3. The highest BCUT2D eigenvalue weighted by Gasteiger charge is 2.46. The molecule has 2 unspecified atom stereocenters. The summed E-state index contributed by atoms with van der Waals surface area (Å²) in [7, 11) is 0. The normalized spacial score (nSPS) is 16.3. The summed E-state index contributed by atoms with van der Waals surface area (Å²) in [4.78, 5) is 2.51. The Labute approximate surface area is 386 Å². The topological polar surface area (TPSA) is 3.24 Å². The molecule has 0 fully saturated rings. The van der Waals surface area contributed by atoms with Crippen molar-refractivity contribution in [3.8, 4) is 22.3 Å². The largest absolute Gasteiger partial charge is 0.310 e. The Morgan fingerprint density at radius 3 is 1.88 bits per heavy atom. The van der Waals surface area contributed by atoms with Crippen molar-refractivity contribution in [2.24, 2.45) is 5.92 Å². The maximum absolute atomic E-state index is 2.51. The number of hydrogen-bond acceptors (Lipinski definition) is 1. The van der Waals surface area contributed by atoms with Crippen LogP contribution < -0.4 is 4.90 Å². The fourth-order valence-corrected chi connectivity index (χ4v) is 11.5. The molecule has 0 spiro atoms. The van der Waals surface area contributed by atoms with Crippen molar-refractivity contribution in [1.82, 2.24) is 0 Å². The van der Waals surface area contributed by atoms with Crippen molar-refractivity contribution in [2.75, 3.05) is 4.90 Å². The van der Waals surface area contributed by atoms with E-state index in [9.17, 15) is 0 Å². The first kappa shape index (κ1) is 38.2. The molecular weight excluding hydrogens is 795 g/mol. The van der Waals surface area contributed by atoms with E-state index in [-0.39, 0.29) is 5.92 Å². The average molecular weight is 840 g/mol. The maximum Gasteiger partial charge on any atom is 0.0714 e. The van der Waals surface area contributed by atoms with Gasteiger partial charge in [-0.25, -0.2) is 0 Å². The van der Waals surface area contributed by atoms with Crippen LogP contribution in [0.15, 0.2) is 255 Å². The lowest BCUT2D eigenvalue weighted by molar-refractivity contribution is 0.694. The van der Waals surface area contributed by atoms with E-state index in [0.29, 0.717) is 5.92 Å². The Balaban J connectivity index is 1.04. The number of hydrogen-bond donors (Lipinski definition) is 0. The predicted molar refractivity (Wildman–Crippen MR) is 278 cm³/mol. The van der Waals surface area contributed by atoms with Crippen molar-refractivity contribution >= 4 is 50.3 Å². The van der Waals surface area contributed by atoms with E-state index in [1.807, 2.05) is 0 Å². The first-order valence-electron chi connectivity index (χ1n) is 23.2. The first-order chi connectivity index (χ1) is 32.7. The second-order valence-electron chi connectivity index (χ2n) is 18.0. The molecule has 10 aromatic carbocycles. The summed E-state index contributed by atoms with van der Waals surface area (Å²) in [5, 5.41) is 5.04. The number of fused-ring (bicyclic) bond motifs is 9. The zero-order valence-corrected chi connectivity index (χ0v) is 36.4. The van der Waals surface area contributed by atoms with Gasteiger partial charge in [-0.2, -0.15) is 0 Å². The van der Waals surface area contributed by atoms with E-state index >= 15 is 0 Å². The minimum Gasteiger partial charge on any atom is -0.310 e. The van der Waals surface area contributed by atoms with Gasteiger partial charge in [-0.1, -0.05) is 225 Å². The molecule has 0 saturated heterocycles. The van der Waals surface area contributed by atoms with Crippen LogP contribution in [0.25, 0.3) is 55.4 Å². The van der Waals surface area contributed by atoms with Crippen molar-refractivity contribution in [3.05, 3.63) is 294 Å². The number of rotatable bonds is 7. The minimum absolute atomic E-state index is 0.260. The van der Waals surface area contributed by atoms with E-state index in [0.717, 1.165) is 17.1 Å². The standard InChI is InChI=1S/C65H45N/c1-3-19-51(20-4-1)65(52-21-5-2-6-22-52)62-28-13-11-27-58(62)59-39-38-54(43-63(59)65)66(53-23-15-18-48(40-53)49-36-34-46-32-30-44-16-7-9-24-55(44)60(46)41-49)64-29-14-12-26-57(64)50-37-35-47-33-31-45-17-8-10-25-56(45)61(47)42-50/h1-43,47,61H. The molecule has 0 heterocycles. The summed E-state index contributed by atoms with van der Waals surface area (Å²) < 4.78 is 0. The molecule has 66 heavy (non-hydrogen) atoms. The summed E-state index contributed by atoms with van der Waals surface area (Å²) in [5.41, 5.74) is 17.9. The van der Waals surface area contributed by atoms with Crippen LogP contribution in [0.2, 0.25) is 0 Å². The van der Waals surface area contributed by atoms with E-state index in [4.69, 9.17) is 0 Å². The van der Waals surface area contributed by atoms with E-state index in [2.05, 4.69) is 266 Å². The van der Waals surface area contributed by atoms with Crippen molar-refractivity contribution < 1.29 is 0 Å². The summed E-state index contributed by atoms with van der Waals surface area (Å²) in [6.07, 6.45) is 11.9. The Bertz CT molecular complexity index is 3570. The van der Waals surface area contributed by atoms with Crippen LogP contribution in [-0.4, -0.2) is 0 Å². The third-order valence-electron chi connectivity index (χ3n) is 14.5. The zero-order valence-electron chi connectivity index (χ0n) is 36.4. The molecular formula is C65H45N. The summed E-state index contributed by atoms with van der Waals surface area (Å²) >= 11 is 0. The van der Waals surface area contributed by atoms with Crippen molar-refractivity contribution in [3.63, 3.8) is 0 Å². The third-order valence-corrected chi connectivity index (χ3v) is 14.5. The molecule has 0 saturated carbocycles. The lowest BCUT2D eigenvalue weighted by atomic mass is 9.67. The van der Waals surface area contributed by atoms with Gasteiger partial charge < -0.3 is 4.90 Å². The molecule has 10 aromatic rings. The van der Waals surface area contributed by atoms with Gasteiger partial charge >= 0.3 is 0 Å². The molecule has 13 rings (SSSR count). The van der Waals surface area contributed by atoms with Crippen LogP contribution in [0.3, 0.4) is 0 Å². The lowest BCUT2D eigenvalue weighted by Crippen LogP contribution is -2.28. The molecule has 0 N–H and O–H groups in total. The van der Waals surface area contributed by atoms with Gasteiger partial charge in [0.1, 0.15) is 0 Å². The van der Waals surface area contributed by atoms with Crippen LogP contribution in [0.4, 0.5) is 17.1 Å². The molecule has 0 aliphatic heterocycles. The van der Waals surface area contributed by atoms with E-state index < -0.39 is 5.41 Å². The first-order valence-corrected chi connectivity index (χ1v) is 23.2. The number of para-hydroxylation sites is 1. The molecule has 0 bridgehead atoms. The summed E-state index contributed by atoms with van der Waals surface area (Å²) in [5.74, 6) is 0.584. The monoisotopic (exact) mass is 839 g/mol. The highest BCUT2D eigenvalue weighted by molar-refractivity contribution is 6.09. The molecule has 310 valence electrons. The second kappa shape index (κ2) is 15.5. The van der Waals surface area contributed by atoms with Gasteiger partial charge in [0.2, 0.25) is 0 Å². The van der Waals surface area contributed by atoms with Crippen LogP contribution in [-0.2, 0) is 5.41 Å². The molecule has 0 amide bonds. The van der Waals surface area contributed by atoms with Gasteiger partial charge in [0.25, 0.3) is 0 Å². The summed E-state index contributed by atoms with van der Waals surface area (Å²) in [6, 6.07) is 85.6. The maximum atomic E-state index is 2.51. The van der Waals surface area contributed by atoms with Gasteiger partial charge in [-0.3, -0.25) is 0 Å². The van der Waals surface area contributed by atoms with Gasteiger partial charge in [-0.05, 0) is 119 Å². The molecule has 2 atom stereocenters. The fraction of sp³-hybridized carbons (Fsp3) is 0.0462. The predicted octanol–water partition coefficient (Wildman–Crippen LogP) is 16.9. The van der Waals surface area contributed by atoms with Crippen LogP contribution in [0, 0.1) is 5.92 Å². The molecule has 1 nitrogen and oxygen atoms in total. The Morgan fingerprint density at radius 2 is 1.03 bits per heavy atom. The number of nitrogens with zero attached hydrogens (tertiary/aromatic N) is 1. The third kappa shape index (κ3) is 6.01. The molecule has 3 aliphatic rings. The average Bonchev–Trinajstić information content (AvgIpc) is 3.69. The van der Waals surface area contributed by atoms with E-state index in [1.54, 1.807) is 0 Å². The molecule has 3 aliphatic carbocycles. The minimum atomic E-state index is -0.531. The lowest BCUT2D eigenvalue weighted by Gasteiger charge is -2.35. The fourth-order valence-electron chi connectivity index (χ4n) is 11.5. The van der Waals surface area contributed by atoms with Crippen LogP contribution in [0.1, 0.15) is 44.9 Å². The van der Waals surface area contributed by atoms with Gasteiger partial charge in [0.15, 0.2) is 0 Å². The Morgan fingerprint density at radius 1 is 0.394 bits per heavy atom. The second-order valence-corrected chi connectivity index (χ2v) is 18.0. The zero-order chi connectivity index (χ0) is 43.6. The van der Waals surface area contributed by atoms with Crippen molar-refractivity contribution in [2.45, 2.75) is 11.3 Å². The smallest absolute Gasteiger partial charge is 0.0714 e. The van der Waals surface area contributed by atoms with Crippen molar-refractivity contribution in [1.29, 1.82) is 0 Å². The number of benzene rings is 10. The molecule has 0 aromatic heterocycles. The van der Waals surface area contributed by atoms with Gasteiger partial charge in [0, 0.05) is 28.8 Å². The van der Waals surface area contributed by atoms with Crippen LogP contribution >= 0.6 is 0 Å². The summed E-state index contributed by atoms with van der Waals surface area (Å²) in [6.45, 7) is 0. The van der Waals surface area contributed by atoms with Gasteiger partial charge in [0.05, 0.1) is 11.1 Å². The highest BCUT2D eigenvalue weighted by atomic mass is 15.1. The molecule has 1 heteroatoms. The van der Waals surface area contributed by atoms with Crippen LogP contribution in [0.5, 0.6) is 0 Å². The number of allylic oxidation sites excluding steroid dienone is 5. The SMILES string of the molecule is C1=CC2C=Cc3ccccc3C2C=C1c1ccccc1N(c1cccc(-c2ccc3ccc4ccccc4c3c2)c1)c1ccc2c(c1)C(c1ccccc1)(c1ccccc1)c1ccccc1-2. The highest BCUT2D eigenvalue weighted by Crippen LogP contribution is 2.57. The Kier molecular flexibility index (Phi) is 8.96. The van der Waals surface area contributed by atoms with E-state index in [1.165, 1.54) is 88.3 Å². The Hall–Kier alpha value is -8.26.